The minimum absolute atomic E-state index is 0.107. The zero-order valence-corrected chi connectivity index (χ0v) is 11.5. The molecule has 1 amide bonds. The summed E-state index contributed by atoms with van der Waals surface area (Å²) in [4.78, 5) is 14.7. The number of aliphatic hydroxyl groups excluding tert-OH is 1. The molecule has 0 aliphatic rings. The Morgan fingerprint density at radius 3 is 2.68 bits per heavy atom. The smallest absolute Gasteiger partial charge is 0.268 e. The highest BCUT2D eigenvalue weighted by atomic mass is 32.1. The highest BCUT2D eigenvalue weighted by Gasteiger charge is 2.21. The molecule has 1 aromatic heterocycles. The van der Waals surface area contributed by atoms with Gasteiger partial charge in [0.2, 0.25) is 0 Å². The normalized spacial score (nSPS) is 10.4. The summed E-state index contributed by atoms with van der Waals surface area (Å²) in [6.07, 6.45) is 0. The van der Waals surface area contributed by atoms with E-state index in [0.717, 1.165) is 5.56 Å². The second-order valence-corrected chi connectivity index (χ2v) is 5.09. The number of nitrogens with zero attached hydrogens (tertiary/aromatic N) is 1. The van der Waals surface area contributed by atoms with Gasteiger partial charge in [-0.25, -0.2) is 0 Å². The van der Waals surface area contributed by atoms with E-state index in [1.165, 1.54) is 16.2 Å². The Hall–Kier alpha value is -1.85. The molecule has 0 fully saturated rings. The molecule has 1 aromatic carbocycles. The van der Waals surface area contributed by atoms with Crippen LogP contribution in [0.2, 0.25) is 0 Å². The largest absolute Gasteiger partial charge is 0.397 e. The van der Waals surface area contributed by atoms with Crippen molar-refractivity contribution >= 4 is 28.6 Å². The first-order chi connectivity index (χ1) is 9.15. The molecule has 0 spiro atoms. The third-order valence-corrected chi connectivity index (χ3v) is 3.86. The number of para-hydroxylation sites is 2. The Labute approximate surface area is 116 Å². The molecule has 3 N–H and O–H groups in total. The highest BCUT2D eigenvalue weighted by Crippen LogP contribution is 2.26. The highest BCUT2D eigenvalue weighted by molar-refractivity contribution is 7.12. The van der Waals surface area contributed by atoms with E-state index in [4.69, 9.17) is 5.73 Å². The van der Waals surface area contributed by atoms with Crippen molar-refractivity contribution in [3.8, 4) is 0 Å². The Morgan fingerprint density at radius 2 is 2.11 bits per heavy atom. The lowest BCUT2D eigenvalue weighted by Gasteiger charge is -2.23. The molecule has 0 aliphatic carbocycles. The van der Waals surface area contributed by atoms with Gasteiger partial charge in [-0.2, -0.15) is 0 Å². The van der Waals surface area contributed by atoms with Crippen molar-refractivity contribution in [1.29, 1.82) is 0 Å². The molecular formula is C14H16N2O2S. The van der Waals surface area contributed by atoms with Gasteiger partial charge in [-0.3, -0.25) is 4.79 Å². The van der Waals surface area contributed by atoms with Crippen LogP contribution in [0.3, 0.4) is 0 Å². The summed E-state index contributed by atoms with van der Waals surface area (Å²) in [6.45, 7) is 2.02. The first kappa shape index (κ1) is 13.6. The van der Waals surface area contributed by atoms with Crippen molar-refractivity contribution in [2.24, 2.45) is 0 Å². The third-order valence-electron chi connectivity index (χ3n) is 2.85. The summed E-state index contributed by atoms with van der Waals surface area (Å²) in [6, 6.07) is 9.07. The third kappa shape index (κ3) is 2.77. The number of aryl methyl sites for hydroxylation is 1. The van der Waals surface area contributed by atoms with E-state index in [9.17, 15) is 9.90 Å². The van der Waals surface area contributed by atoms with E-state index < -0.39 is 0 Å². The lowest BCUT2D eigenvalue weighted by Crippen LogP contribution is -2.34. The zero-order valence-electron chi connectivity index (χ0n) is 10.7. The average molecular weight is 276 g/mol. The summed E-state index contributed by atoms with van der Waals surface area (Å²) in [5.74, 6) is -0.126. The summed E-state index contributed by atoms with van der Waals surface area (Å²) in [7, 11) is 0. The first-order valence-electron chi connectivity index (χ1n) is 5.96. The number of hydrogen-bond donors (Lipinski definition) is 2. The van der Waals surface area contributed by atoms with Gasteiger partial charge in [0, 0.05) is 6.54 Å². The fraction of sp³-hybridized carbons (Fsp3) is 0.214. The number of aliphatic hydroxyl groups is 1. The number of nitrogen functional groups attached to an aromatic ring is 1. The topological polar surface area (TPSA) is 66.6 Å². The van der Waals surface area contributed by atoms with Crippen LogP contribution in [0.25, 0.3) is 0 Å². The molecule has 2 aromatic rings. The van der Waals surface area contributed by atoms with Gasteiger partial charge in [0.15, 0.2) is 0 Å². The lowest BCUT2D eigenvalue weighted by molar-refractivity contribution is 0.0984. The molecule has 0 unspecified atom stereocenters. The molecule has 1 heterocycles. The molecular weight excluding hydrogens is 260 g/mol. The number of rotatable bonds is 4. The quantitative estimate of drug-likeness (QED) is 0.842. The second kappa shape index (κ2) is 5.86. The van der Waals surface area contributed by atoms with Gasteiger partial charge < -0.3 is 15.7 Å². The van der Waals surface area contributed by atoms with E-state index in [2.05, 4.69) is 0 Å². The van der Waals surface area contributed by atoms with Gasteiger partial charge in [-0.05, 0) is 36.1 Å². The number of carbonyl (C=O) groups is 1. The summed E-state index contributed by atoms with van der Waals surface area (Å²) in [5.41, 5.74) is 8.01. The van der Waals surface area contributed by atoms with Gasteiger partial charge in [0.05, 0.1) is 22.9 Å². The van der Waals surface area contributed by atoms with Crippen LogP contribution in [-0.2, 0) is 0 Å². The maximum Gasteiger partial charge on any atom is 0.268 e. The second-order valence-electron chi connectivity index (χ2n) is 4.17. The molecule has 2 rings (SSSR count). The van der Waals surface area contributed by atoms with Gasteiger partial charge in [0.1, 0.15) is 0 Å². The Morgan fingerprint density at radius 1 is 1.37 bits per heavy atom. The van der Waals surface area contributed by atoms with Crippen LogP contribution < -0.4 is 10.6 Å². The van der Waals surface area contributed by atoms with Crippen LogP contribution in [0, 0.1) is 6.92 Å². The van der Waals surface area contributed by atoms with Crippen molar-refractivity contribution in [3.63, 3.8) is 0 Å². The molecule has 0 aliphatic heterocycles. The Balaban J connectivity index is 2.39. The fourth-order valence-electron chi connectivity index (χ4n) is 1.88. The van der Waals surface area contributed by atoms with Crippen molar-refractivity contribution in [1.82, 2.24) is 0 Å². The van der Waals surface area contributed by atoms with Gasteiger partial charge in [-0.15, -0.1) is 11.3 Å². The molecule has 0 atom stereocenters. The van der Waals surface area contributed by atoms with E-state index in [1.807, 2.05) is 30.5 Å². The van der Waals surface area contributed by atoms with Gasteiger partial charge in [0.25, 0.3) is 5.91 Å². The molecule has 0 saturated heterocycles. The van der Waals surface area contributed by atoms with Crippen LogP contribution in [0.1, 0.15) is 15.2 Å². The van der Waals surface area contributed by atoms with Crippen LogP contribution in [0.15, 0.2) is 35.7 Å². The van der Waals surface area contributed by atoms with Crippen LogP contribution >= 0.6 is 11.3 Å². The SMILES string of the molecule is Cc1ccsc1C(=O)N(CCO)c1ccccc1N. The van der Waals surface area contributed by atoms with E-state index >= 15 is 0 Å². The Kier molecular flexibility index (Phi) is 4.19. The van der Waals surface area contributed by atoms with Crippen molar-refractivity contribution in [3.05, 3.63) is 46.2 Å². The van der Waals surface area contributed by atoms with Gasteiger partial charge in [-0.1, -0.05) is 12.1 Å². The number of anilines is 2. The van der Waals surface area contributed by atoms with Crippen LogP contribution in [0.4, 0.5) is 11.4 Å². The predicted molar refractivity (Wildman–Crippen MR) is 78.7 cm³/mol. The maximum atomic E-state index is 12.5. The fourth-order valence-corrected chi connectivity index (χ4v) is 2.75. The predicted octanol–water partition coefficient (Wildman–Crippen LogP) is 2.28. The van der Waals surface area contributed by atoms with Crippen molar-refractivity contribution in [2.45, 2.75) is 6.92 Å². The van der Waals surface area contributed by atoms with E-state index in [1.54, 1.807) is 12.1 Å². The number of amides is 1. The summed E-state index contributed by atoms with van der Waals surface area (Å²) >= 11 is 1.40. The number of benzene rings is 1. The molecule has 19 heavy (non-hydrogen) atoms. The zero-order chi connectivity index (χ0) is 13.8. The first-order valence-corrected chi connectivity index (χ1v) is 6.84. The van der Waals surface area contributed by atoms with E-state index in [-0.39, 0.29) is 19.1 Å². The minimum Gasteiger partial charge on any atom is -0.397 e. The molecule has 0 radical (unpaired) electrons. The standard InChI is InChI=1S/C14H16N2O2S/c1-10-6-9-19-13(10)14(18)16(7-8-17)12-5-3-2-4-11(12)15/h2-6,9,17H,7-8,15H2,1H3. The number of hydrogen-bond acceptors (Lipinski definition) is 4. The average Bonchev–Trinajstić information content (AvgIpc) is 2.82. The molecule has 0 saturated carbocycles. The molecule has 100 valence electrons. The molecule has 5 heteroatoms. The monoisotopic (exact) mass is 276 g/mol. The number of thiophene rings is 1. The Bertz CT molecular complexity index is 580. The lowest BCUT2D eigenvalue weighted by atomic mass is 10.2. The minimum atomic E-state index is -0.126. The number of nitrogens with two attached hydrogens (primary N) is 1. The maximum absolute atomic E-state index is 12.5. The van der Waals surface area contributed by atoms with Crippen LogP contribution in [0.5, 0.6) is 0 Å². The van der Waals surface area contributed by atoms with Gasteiger partial charge >= 0.3 is 0 Å². The number of carbonyl (C=O) groups excluding carboxylic acids is 1. The van der Waals surface area contributed by atoms with Crippen molar-refractivity contribution in [2.75, 3.05) is 23.8 Å². The molecule has 4 nitrogen and oxygen atoms in total. The summed E-state index contributed by atoms with van der Waals surface area (Å²) < 4.78 is 0. The van der Waals surface area contributed by atoms with Crippen molar-refractivity contribution < 1.29 is 9.90 Å². The molecule has 0 bridgehead atoms. The van der Waals surface area contributed by atoms with E-state index in [0.29, 0.717) is 16.3 Å². The van der Waals surface area contributed by atoms with Crippen LogP contribution in [-0.4, -0.2) is 24.2 Å². The summed E-state index contributed by atoms with van der Waals surface area (Å²) in [5, 5.41) is 11.1.